The van der Waals surface area contributed by atoms with Crippen molar-refractivity contribution in [3.8, 4) is 0 Å². The molecule has 2 amide bonds. The fourth-order valence-corrected chi connectivity index (χ4v) is 4.86. The molecule has 13 heteroatoms. The monoisotopic (exact) mass is 637 g/mol. The Hall–Kier alpha value is -3.09. The molecule has 1 aromatic carbocycles. The van der Waals surface area contributed by atoms with Crippen molar-refractivity contribution >= 4 is 17.8 Å². The maximum Gasteiger partial charge on any atom is 0.416 e. The van der Waals surface area contributed by atoms with Gasteiger partial charge in [0, 0.05) is 18.0 Å². The molecule has 1 aromatic rings. The van der Waals surface area contributed by atoms with Gasteiger partial charge in [0.25, 0.3) is 0 Å². The van der Waals surface area contributed by atoms with Crippen LogP contribution in [0, 0.1) is 11.3 Å². The van der Waals surface area contributed by atoms with Crippen LogP contribution in [0.3, 0.4) is 0 Å². The number of carbonyl (C=O) groups is 3. The van der Waals surface area contributed by atoms with Crippen LogP contribution in [0.2, 0.25) is 0 Å². The number of halogens is 6. The molecule has 2 N–H and O–H groups in total. The number of hydrogen-bond donors (Lipinski definition) is 2. The maximum absolute atomic E-state index is 13.9. The predicted molar refractivity (Wildman–Crippen MR) is 155 cm³/mol. The van der Waals surface area contributed by atoms with Crippen LogP contribution < -0.4 is 10.6 Å². The average molecular weight is 638 g/mol. The van der Waals surface area contributed by atoms with Crippen LogP contribution in [-0.2, 0) is 36.9 Å². The summed E-state index contributed by atoms with van der Waals surface area (Å²) in [6.45, 7) is 14.9. The molecular weight excluding hydrogens is 592 g/mol. The lowest BCUT2D eigenvalue weighted by Gasteiger charge is -2.40. The lowest BCUT2D eigenvalue weighted by atomic mass is 9.75. The Labute approximate surface area is 255 Å². The Kier molecular flexibility index (Phi) is 12.7. The molecule has 0 aromatic heterocycles. The molecule has 1 rings (SSSR count). The van der Waals surface area contributed by atoms with E-state index in [1.54, 1.807) is 40.7 Å². The second-order valence-electron chi connectivity index (χ2n) is 12.8. The highest BCUT2D eigenvalue weighted by Gasteiger charge is 2.44. The topological polar surface area (TPSA) is 87.7 Å². The maximum atomic E-state index is 13.9. The molecule has 0 heterocycles. The van der Waals surface area contributed by atoms with Crippen molar-refractivity contribution in [3.05, 3.63) is 46.5 Å². The molecule has 250 valence electrons. The van der Waals surface area contributed by atoms with Crippen LogP contribution in [0.15, 0.2) is 29.8 Å². The summed E-state index contributed by atoms with van der Waals surface area (Å²) in [4.78, 5) is 41.2. The largest absolute Gasteiger partial charge is 0.463 e. The molecule has 0 aliphatic heterocycles. The second kappa shape index (κ2) is 14.3. The molecule has 0 aliphatic carbocycles. The zero-order valence-electron chi connectivity index (χ0n) is 27.2. The molecule has 0 radical (unpaired) electrons. The van der Waals surface area contributed by atoms with E-state index in [4.69, 9.17) is 4.74 Å². The number of alkyl halides is 6. The lowest BCUT2D eigenvalue weighted by molar-refractivity contribution is -0.143. The number of carbonyl (C=O) groups excluding carboxylic acids is 3. The van der Waals surface area contributed by atoms with Crippen molar-refractivity contribution in [2.75, 3.05) is 20.7 Å². The zero-order valence-corrected chi connectivity index (χ0v) is 27.2. The third-order valence-corrected chi connectivity index (χ3v) is 7.50. The highest BCUT2D eigenvalue weighted by atomic mass is 19.4. The van der Waals surface area contributed by atoms with E-state index in [2.05, 4.69) is 10.6 Å². The second-order valence-corrected chi connectivity index (χ2v) is 12.8. The van der Waals surface area contributed by atoms with Crippen molar-refractivity contribution in [2.24, 2.45) is 11.3 Å². The molecule has 0 saturated heterocycles. The minimum atomic E-state index is -5.06. The van der Waals surface area contributed by atoms with Gasteiger partial charge in [0.2, 0.25) is 11.8 Å². The van der Waals surface area contributed by atoms with Crippen LogP contribution in [-0.4, -0.2) is 61.5 Å². The summed E-state index contributed by atoms with van der Waals surface area (Å²) in [7, 11) is 2.87. The van der Waals surface area contributed by atoms with Gasteiger partial charge in [-0.3, -0.25) is 9.59 Å². The number of esters is 1. The van der Waals surface area contributed by atoms with E-state index in [1.807, 2.05) is 13.8 Å². The third kappa shape index (κ3) is 9.70. The first kappa shape index (κ1) is 38.9. The van der Waals surface area contributed by atoms with Crippen LogP contribution in [0.25, 0.3) is 0 Å². The summed E-state index contributed by atoms with van der Waals surface area (Å²) in [6.07, 6.45) is -8.52. The van der Waals surface area contributed by atoms with Crippen LogP contribution in [0.5, 0.6) is 0 Å². The quantitative estimate of drug-likeness (QED) is 0.174. The number of nitrogens with one attached hydrogen (secondary N) is 2. The number of hydrogen-bond acceptors (Lipinski definition) is 5. The third-order valence-electron chi connectivity index (χ3n) is 7.50. The Morgan fingerprint density at radius 2 is 1.34 bits per heavy atom. The van der Waals surface area contributed by atoms with E-state index >= 15 is 0 Å². The number of rotatable bonds is 11. The molecule has 44 heavy (non-hydrogen) atoms. The Morgan fingerprint density at radius 1 is 0.886 bits per heavy atom. The minimum absolute atomic E-state index is 0.0292. The van der Waals surface area contributed by atoms with Gasteiger partial charge in [0.15, 0.2) is 0 Å². The van der Waals surface area contributed by atoms with Crippen LogP contribution in [0.4, 0.5) is 26.3 Å². The van der Waals surface area contributed by atoms with E-state index < -0.39 is 70.2 Å². The molecule has 7 nitrogen and oxygen atoms in total. The van der Waals surface area contributed by atoms with E-state index in [0.29, 0.717) is 12.1 Å². The van der Waals surface area contributed by atoms with Crippen molar-refractivity contribution in [1.29, 1.82) is 0 Å². The number of benzene rings is 1. The molecule has 1 unspecified atom stereocenters. The highest BCUT2D eigenvalue weighted by molar-refractivity contribution is 5.92. The van der Waals surface area contributed by atoms with Gasteiger partial charge < -0.3 is 20.3 Å². The van der Waals surface area contributed by atoms with Gasteiger partial charge in [0.05, 0.1) is 29.8 Å². The number of nitrogens with zero attached hydrogens (tertiary/aromatic N) is 1. The Morgan fingerprint density at radius 3 is 1.70 bits per heavy atom. The fourth-order valence-electron chi connectivity index (χ4n) is 4.86. The summed E-state index contributed by atoms with van der Waals surface area (Å²) in [6, 6.07) is -1.85. The van der Waals surface area contributed by atoms with Crippen LogP contribution in [0.1, 0.15) is 79.0 Å². The van der Waals surface area contributed by atoms with E-state index in [9.17, 15) is 40.7 Å². The van der Waals surface area contributed by atoms with Crippen molar-refractivity contribution in [2.45, 2.75) is 98.2 Å². The number of likely N-dealkylation sites (N-methyl/N-ethyl adjacent to an activating group) is 2. The van der Waals surface area contributed by atoms with Gasteiger partial charge >= 0.3 is 18.3 Å². The number of amides is 2. The van der Waals surface area contributed by atoms with Gasteiger partial charge in [-0.05, 0) is 56.0 Å². The zero-order chi connectivity index (χ0) is 34.6. The predicted octanol–water partition coefficient (Wildman–Crippen LogP) is 6.11. The lowest BCUT2D eigenvalue weighted by Crippen LogP contribution is -2.61. The minimum Gasteiger partial charge on any atom is -0.463 e. The normalized spacial score (nSPS) is 15.5. The summed E-state index contributed by atoms with van der Waals surface area (Å²) in [5.74, 6) is -2.01. The SMILES string of the molecule is CCOC(=O)/C(C)=C/[C@H](C(C)C)N(C)C(=O)[C@@H](NC(=O)C(NC)C(C)(C)c1cc(C(F)(F)F)cc(C(F)(F)F)c1)C(C)(C)C. The summed E-state index contributed by atoms with van der Waals surface area (Å²) in [5, 5.41) is 5.41. The van der Waals surface area contributed by atoms with Gasteiger partial charge in [-0.2, -0.15) is 26.3 Å². The van der Waals surface area contributed by atoms with E-state index in [0.717, 1.165) is 0 Å². The van der Waals surface area contributed by atoms with Gasteiger partial charge in [0.1, 0.15) is 6.04 Å². The average Bonchev–Trinajstić information content (AvgIpc) is 2.87. The highest BCUT2D eigenvalue weighted by Crippen LogP contribution is 2.40. The molecule has 0 spiro atoms. The smallest absolute Gasteiger partial charge is 0.416 e. The first-order valence-corrected chi connectivity index (χ1v) is 14.2. The van der Waals surface area contributed by atoms with Gasteiger partial charge in [-0.15, -0.1) is 0 Å². The van der Waals surface area contributed by atoms with Crippen molar-refractivity contribution < 1.29 is 45.5 Å². The standard InChI is InChI=1S/C31H45F6N3O4/c1-12-44-27(43)18(4)13-22(17(2)3)40(11)26(42)24(28(5,6)7)39-25(41)23(38-10)29(8,9)19-14-20(30(32,33)34)16-21(15-19)31(35,36)37/h13-17,22-24,38H,12H2,1-11H3,(H,39,41)/b18-13+/t22-,23?,24-/m1/s1. The summed E-state index contributed by atoms with van der Waals surface area (Å²) >= 11 is 0. The van der Waals surface area contributed by atoms with Crippen LogP contribution >= 0.6 is 0 Å². The Bertz CT molecular complexity index is 1180. The van der Waals surface area contributed by atoms with E-state index in [1.165, 1.54) is 32.8 Å². The summed E-state index contributed by atoms with van der Waals surface area (Å²) < 4.78 is 86.5. The summed E-state index contributed by atoms with van der Waals surface area (Å²) in [5.41, 5.74) is -5.55. The molecule has 0 aliphatic rings. The first-order chi connectivity index (χ1) is 19.8. The molecule has 3 atom stereocenters. The van der Waals surface area contributed by atoms with Crippen molar-refractivity contribution in [1.82, 2.24) is 15.5 Å². The molecular formula is C31H45F6N3O4. The van der Waals surface area contributed by atoms with Gasteiger partial charge in [-0.25, -0.2) is 4.79 Å². The van der Waals surface area contributed by atoms with Gasteiger partial charge in [-0.1, -0.05) is 54.5 Å². The Balaban J connectivity index is 3.56. The van der Waals surface area contributed by atoms with E-state index in [-0.39, 0.29) is 29.7 Å². The fraction of sp³-hybridized carbons (Fsp3) is 0.645. The number of ether oxygens (including phenoxy) is 1. The van der Waals surface area contributed by atoms with Crippen molar-refractivity contribution in [3.63, 3.8) is 0 Å². The molecule has 0 fully saturated rings. The molecule has 0 bridgehead atoms. The first-order valence-electron chi connectivity index (χ1n) is 14.2. The molecule has 0 saturated carbocycles.